The number of hydrogen-bond donors (Lipinski definition) is 2. The maximum atomic E-state index is 11.3. The Morgan fingerprint density at radius 3 is 2.65 bits per heavy atom. The molecule has 3 N–H and O–H groups in total. The monoisotopic (exact) mass is 501 g/mol. The first-order valence-electron chi connectivity index (χ1n) is 12.3. The maximum absolute atomic E-state index is 11.3. The van der Waals surface area contributed by atoms with E-state index in [1.807, 2.05) is 68.4 Å². The first-order chi connectivity index (χ1) is 17.9. The first-order valence-corrected chi connectivity index (χ1v) is 12.3. The number of benzene rings is 2. The molecule has 37 heavy (non-hydrogen) atoms. The number of carbonyl (C=O) groups is 1. The molecule has 0 unspecified atom stereocenters. The minimum absolute atomic E-state index is 0.282. The van der Waals surface area contributed by atoms with Crippen LogP contribution in [0.2, 0.25) is 0 Å². The lowest BCUT2D eigenvalue weighted by atomic mass is 10.0. The molecule has 2 heterocycles. The van der Waals surface area contributed by atoms with Crippen LogP contribution >= 0.6 is 0 Å². The van der Waals surface area contributed by atoms with Crippen LogP contribution in [0.1, 0.15) is 12.5 Å². The number of carbonyl (C=O) groups excluding carboxylic acids is 1. The van der Waals surface area contributed by atoms with Crippen LogP contribution in [0.15, 0.2) is 48.8 Å². The van der Waals surface area contributed by atoms with Gasteiger partial charge in [-0.15, -0.1) is 0 Å². The minimum atomic E-state index is 0.282. The Hall–Kier alpha value is -4.11. The molecule has 0 amide bonds. The van der Waals surface area contributed by atoms with E-state index in [4.69, 9.17) is 15.5 Å². The van der Waals surface area contributed by atoms with Crippen molar-refractivity contribution in [1.29, 1.82) is 0 Å². The van der Waals surface area contributed by atoms with E-state index in [0.29, 0.717) is 23.1 Å². The minimum Gasteiger partial charge on any atom is -0.494 e. The number of aryl methyl sites for hydroxylation is 1. The molecule has 194 valence electrons. The summed E-state index contributed by atoms with van der Waals surface area (Å²) in [5.74, 6) is 1.08. The van der Waals surface area contributed by atoms with Gasteiger partial charge in [-0.25, -0.2) is 9.97 Å². The lowest BCUT2D eigenvalue weighted by molar-refractivity contribution is -0.108. The van der Waals surface area contributed by atoms with Gasteiger partial charge in [-0.3, -0.25) is 0 Å². The van der Waals surface area contributed by atoms with Crippen molar-refractivity contribution in [1.82, 2.24) is 19.4 Å². The van der Waals surface area contributed by atoms with Crippen LogP contribution in [-0.2, 0) is 17.8 Å². The van der Waals surface area contributed by atoms with Crippen molar-refractivity contribution in [2.24, 2.45) is 0 Å². The van der Waals surface area contributed by atoms with Gasteiger partial charge < -0.3 is 34.9 Å². The van der Waals surface area contributed by atoms with Crippen molar-refractivity contribution in [3.63, 3.8) is 0 Å². The van der Waals surface area contributed by atoms with Crippen LogP contribution in [0.5, 0.6) is 5.75 Å². The number of anilines is 4. The number of hydrogen-bond acceptors (Lipinski definition) is 8. The van der Waals surface area contributed by atoms with Gasteiger partial charge in [0.1, 0.15) is 12.0 Å². The standard InChI is InChI=1S/C28H35N7O2/c1-6-19-17-30-28(32-27(19)21-18-35(13-14-36)24-10-8-7-9-20(21)24)31-23-15-22(29)25(16-26(23)37-5)34(4)12-11-33(2)3/h7-10,14-18H,6,11-13,29H2,1-5H3,(H,30,31,32). The lowest BCUT2D eigenvalue weighted by Gasteiger charge is -2.24. The average Bonchev–Trinajstić information content (AvgIpc) is 3.26. The number of nitrogens with one attached hydrogen (secondary N) is 1. The van der Waals surface area contributed by atoms with E-state index in [2.05, 4.69) is 33.1 Å². The molecule has 0 bridgehead atoms. The third kappa shape index (κ3) is 5.51. The molecule has 0 saturated heterocycles. The SMILES string of the molecule is CCc1cnc(Nc2cc(N)c(N(C)CCN(C)C)cc2OC)nc1-c1cn(CC=O)c2ccccc12. The molecule has 0 fully saturated rings. The summed E-state index contributed by atoms with van der Waals surface area (Å²) < 4.78 is 7.64. The number of methoxy groups -OCH3 is 1. The van der Waals surface area contributed by atoms with Crippen molar-refractivity contribution < 1.29 is 9.53 Å². The number of nitrogen functional groups attached to an aromatic ring is 1. The van der Waals surface area contributed by atoms with Gasteiger partial charge in [-0.05, 0) is 38.2 Å². The maximum Gasteiger partial charge on any atom is 0.227 e. The summed E-state index contributed by atoms with van der Waals surface area (Å²) in [4.78, 5) is 25.0. The van der Waals surface area contributed by atoms with E-state index in [1.54, 1.807) is 7.11 Å². The zero-order chi connectivity index (χ0) is 26.5. The van der Waals surface area contributed by atoms with Crippen molar-refractivity contribution in [3.05, 3.63) is 54.4 Å². The Kier molecular flexibility index (Phi) is 7.93. The molecule has 9 nitrogen and oxygen atoms in total. The van der Waals surface area contributed by atoms with Gasteiger partial charge >= 0.3 is 0 Å². The van der Waals surface area contributed by atoms with Gasteiger partial charge in [0, 0.05) is 55.1 Å². The molecule has 9 heteroatoms. The number of nitrogens with zero attached hydrogens (tertiary/aromatic N) is 5. The highest BCUT2D eigenvalue weighted by Gasteiger charge is 2.17. The summed E-state index contributed by atoms with van der Waals surface area (Å²) in [6.07, 6.45) is 5.51. The highest BCUT2D eigenvalue weighted by molar-refractivity contribution is 5.96. The number of aromatic nitrogens is 3. The highest BCUT2D eigenvalue weighted by Crippen LogP contribution is 2.37. The fourth-order valence-corrected chi connectivity index (χ4v) is 4.40. The second-order valence-corrected chi connectivity index (χ2v) is 9.26. The fraction of sp³-hybridized carbons (Fsp3) is 0.321. The zero-order valence-electron chi connectivity index (χ0n) is 22.2. The van der Waals surface area contributed by atoms with Gasteiger partial charge in [-0.1, -0.05) is 25.1 Å². The van der Waals surface area contributed by atoms with Gasteiger partial charge in [0.15, 0.2) is 0 Å². The fourth-order valence-electron chi connectivity index (χ4n) is 4.40. The number of aldehydes is 1. The van der Waals surface area contributed by atoms with Crippen LogP contribution in [0.25, 0.3) is 22.2 Å². The van der Waals surface area contributed by atoms with Crippen molar-refractivity contribution in [2.45, 2.75) is 19.9 Å². The molecular formula is C28H35N7O2. The molecule has 4 rings (SSSR count). The molecule has 2 aromatic carbocycles. The Morgan fingerprint density at radius 1 is 1.16 bits per heavy atom. The van der Waals surface area contributed by atoms with Gasteiger partial charge in [0.05, 0.1) is 36.4 Å². The molecule has 0 aliphatic rings. The van der Waals surface area contributed by atoms with Crippen LogP contribution in [0, 0.1) is 0 Å². The number of ether oxygens (including phenoxy) is 1. The van der Waals surface area contributed by atoms with Crippen molar-refractivity contribution in [2.75, 3.05) is 57.3 Å². The third-order valence-corrected chi connectivity index (χ3v) is 6.45. The van der Waals surface area contributed by atoms with Crippen LogP contribution < -0.4 is 20.7 Å². The molecule has 0 aliphatic carbocycles. The zero-order valence-corrected chi connectivity index (χ0v) is 22.2. The number of rotatable bonds is 11. The second kappa shape index (κ2) is 11.3. The smallest absolute Gasteiger partial charge is 0.227 e. The highest BCUT2D eigenvalue weighted by atomic mass is 16.5. The molecule has 2 aromatic heterocycles. The quantitative estimate of drug-likeness (QED) is 0.233. The molecule has 0 atom stereocenters. The number of para-hydroxylation sites is 1. The molecule has 0 aliphatic heterocycles. The third-order valence-electron chi connectivity index (χ3n) is 6.45. The predicted octanol–water partition coefficient (Wildman–Crippen LogP) is 4.19. The Morgan fingerprint density at radius 2 is 1.95 bits per heavy atom. The summed E-state index contributed by atoms with van der Waals surface area (Å²) in [6, 6.07) is 11.8. The average molecular weight is 502 g/mol. The van der Waals surface area contributed by atoms with Gasteiger partial charge in [-0.2, -0.15) is 0 Å². The van der Waals surface area contributed by atoms with E-state index < -0.39 is 0 Å². The lowest BCUT2D eigenvalue weighted by Crippen LogP contribution is -2.29. The molecule has 0 saturated carbocycles. The summed E-state index contributed by atoms with van der Waals surface area (Å²) in [5, 5.41) is 4.34. The Labute approximate surface area is 217 Å². The van der Waals surface area contributed by atoms with Gasteiger partial charge in [0.25, 0.3) is 0 Å². The Bertz CT molecular complexity index is 1400. The van der Waals surface area contributed by atoms with Gasteiger partial charge in [0.2, 0.25) is 5.95 Å². The number of fused-ring (bicyclic) bond motifs is 1. The number of likely N-dealkylation sites (N-methyl/N-ethyl adjacent to an activating group) is 2. The van der Waals surface area contributed by atoms with Crippen LogP contribution in [0.4, 0.5) is 23.0 Å². The first kappa shape index (κ1) is 26.0. The van der Waals surface area contributed by atoms with Crippen LogP contribution in [0.3, 0.4) is 0 Å². The molecule has 4 aromatic rings. The van der Waals surface area contributed by atoms with E-state index in [0.717, 1.165) is 59.2 Å². The van der Waals surface area contributed by atoms with Crippen LogP contribution in [-0.4, -0.2) is 67.1 Å². The summed E-state index contributed by atoms with van der Waals surface area (Å²) in [6.45, 7) is 4.09. The Balaban J connectivity index is 1.72. The van der Waals surface area contributed by atoms with Crippen molar-refractivity contribution >= 4 is 40.2 Å². The summed E-state index contributed by atoms with van der Waals surface area (Å²) >= 11 is 0. The summed E-state index contributed by atoms with van der Waals surface area (Å²) in [7, 11) is 7.74. The molecular weight excluding hydrogens is 466 g/mol. The second-order valence-electron chi connectivity index (χ2n) is 9.26. The summed E-state index contributed by atoms with van der Waals surface area (Å²) in [5.41, 5.74) is 12.5. The van der Waals surface area contributed by atoms with E-state index in [1.165, 1.54) is 0 Å². The normalized spacial score (nSPS) is 11.2. The van der Waals surface area contributed by atoms with E-state index in [9.17, 15) is 4.79 Å². The molecule has 0 radical (unpaired) electrons. The predicted molar refractivity (Wildman–Crippen MR) is 151 cm³/mol. The van der Waals surface area contributed by atoms with E-state index in [-0.39, 0.29) is 6.54 Å². The number of nitrogens with two attached hydrogens (primary N) is 1. The van der Waals surface area contributed by atoms with E-state index >= 15 is 0 Å². The molecule has 0 spiro atoms. The van der Waals surface area contributed by atoms with Crippen molar-refractivity contribution in [3.8, 4) is 17.0 Å². The topological polar surface area (TPSA) is 102 Å². The largest absolute Gasteiger partial charge is 0.494 e.